The normalized spacial score (nSPS) is 15.1. The van der Waals surface area contributed by atoms with Crippen LogP contribution in [-0.4, -0.2) is 68.5 Å². The second-order valence-corrected chi connectivity index (χ2v) is 17.4. The highest BCUT2D eigenvalue weighted by molar-refractivity contribution is 7.45. The Labute approximate surface area is 350 Å². The molecule has 328 valence electrons. The van der Waals surface area contributed by atoms with Gasteiger partial charge in [-0.3, -0.25) is 9.36 Å². The Morgan fingerprint density at radius 3 is 1.56 bits per heavy atom. The summed E-state index contributed by atoms with van der Waals surface area (Å²) in [5.74, 6) is -0.213. The van der Waals surface area contributed by atoms with Gasteiger partial charge in [-0.25, -0.2) is 0 Å². The molecule has 1 amide bonds. The summed E-state index contributed by atoms with van der Waals surface area (Å²) in [5.41, 5.74) is 0. The molecule has 0 aromatic rings. The van der Waals surface area contributed by atoms with E-state index in [1.54, 1.807) is 6.08 Å². The van der Waals surface area contributed by atoms with Crippen molar-refractivity contribution in [1.82, 2.24) is 5.32 Å². The highest BCUT2D eigenvalue weighted by atomic mass is 31.2. The van der Waals surface area contributed by atoms with Crippen molar-refractivity contribution < 1.29 is 32.9 Å². The zero-order valence-corrected chi connectivity index (χ0v) is 37.9. The van der Waals surface area contributed by atoms with Gasteiger partial charge < -0.3 is 28.8 Å². The van der Waals surface area contributed by atoms with Gasteiger partial charge in [-0.2, -0.15) is 0 Å². The van der Waals surface area contributed by atoms with E-state index < -0.39 is 20.0 Å². The zero-order chi connectivity index (χ0) is 42.1. The number of quaternary nitrogens is 1. The van der Waals surface area contributed by atoms with Crippen LogP contribution >= 0.6 is 7.82 Å². The van der Waals surface area contributed by atoms with Crippen molar-refractivity contribution in [2.24, 2.45) is 0 Å². The number of carbonyl (C=O) groups excluding carboxylic acids is 1. The molecule has 0 heterocycles. The molecule has 0 aliphatic carbocycles. The maximum Gasteiger partial charge on any atom is 0.268 e. The van der Waals surface area contributed by atoms with Crippen molar-refractivity contribution in [3.8, 4) is 0 Å². The second-order valence-electron chi connectivity index (χ2n) is 16.0. The van der Waals surface area contributed by atoms with Crippen LogP contribution in [0.25, 0.3) is 0 Å². The number of nitrogens with one attached hydrogen (secondary N) is 1. The van der Waals surface area contributed by atoms with Crippen molar-refractivity contribution in [2.75, 3.05) is 40.9 Å². The van der Waals surface area contributed by atoms with Crippen LogP contribution in [0.1, 0.15) is 162 Å². The lowest BCUT2D eigenvalue weighted by atomic mass is 10.0. The molecule has 2 N–H and O–H groups in total. The summed E-state index contributed by atoms with van der Waals surface area (Å²) in [6, 6.07) is -0.890. The fourth-order valence-electron chi connectivity index (χ4n) is 5.80. The number of amides is 1. The van der Waals surface area contributed by atoms with Crippen LogP contribution in [0, 0.1) is 0 Å². The molecule has 0 rings (SSSR count). The Morgan fingerprint density at radius 1 is 0.632 bits per heavy atom. The third kappa shape index (κ3) is 41.6. The van der Waals surface area contributed by atoms with E-state index in [1.165, 1.54) is 51.4 Å². The quantitative estimate of drug-likeness (QED) is 0.0277. The first-order valence-corrected chi connectivity index (χ1v) is 23.9. The number of carbonyl (C=O) groups is 1. The number of aliphatic hydroxyl groups excluding tert-OH is 1. The van der Waals surface area contributed by atoms with Gasteiger partial charge in [0.25, 0.3) is 7.82 Å². The summed E-state index contributed by atoms with van der Waals surface area (Å²) in [4.78, 5) is 25.1. The minimum Gasteiger partial charge on any atom is -0.756 e. The molecule has 0 aliphatic heterocycles. The number of allylic oxidation sites excluding steroid dienone is 13. The highest BCUT2D eigenvalue weighted by Gasteiger charge is 2.23. The molecule has 0 saturated heterocycles. The smallest absolute Gasteiger partial charge is 0.268 e. The maximum absolute atomic E-state index is 12.8. The molecule has 0 aromatic heterocycles. The van der Waals surface area contributed by atoms with Crippen LogP contribution in [0.5, 0.6) is 0 Å². The van der Waals surface area contributed by atoms with E-state index in [0.29, 0.717) is 17.4 Å². The van der Waals surface area contributed by atoms with Gasteiger partial charge in [0.2, 0.25) is 5.91 Å². The topological polar surface area (TPSA) is 108 Å². The minimum atomic E-state index is -4.58. The highest BCUT2D eigenvalue weighted by Crippen LogP contribution is 2.38. The van der Waals surface area contributed by atoms with Crippen molar-refractivity contribution in [3.63, 3.8) is 0 Å². The number of unbranched alkanes of at least 4 members (excludes halogenated alkanes) is 14. The van der Waals surface area contributed by atoms with E-state index in [-0.39, 0.29) is 19.1 Å². The van der Waals surface area contributed by atoms with Gasteiger partial charge in [0.15, 0.2) is 0 Å². The number of phosphoric ester groups is 1. The summed E-state index contributed by atoms with van der Waals surface area (Å²) in [5, 5.41) is 13.6. The largest absolute Gasteiger partial charge is 0.756 e. The first-order chi connectivity index (χ1) is 27.5. The average molecular weight is 817 g/mol. The Bertz CT molecular complexity index is 1200. The molecule has 0 bridgehead atoms. The van der Waals surface area contributed by atoms with Gasteiger partial charge in [0, 0.05) is 6.42 Å². The minimum absolute atomic E-state index is 0.00670. The van der Waals surface area contributed by atoms with Gasteiger partial charge >= 0.3 is 0 Å². The molecule has 0 saturated carbocycles. The zero-order valence-electron chi connectivity index (χ0n) is 37.0. The maximum atomic E-state index is 12.8. The number of nitrogens with zero attached hydrogens (tertiary/aromatic N) is 1. The second kappa shape index (κ2) is 39.2. The van der Waals surface area contributed by atoms with Crippen LogP contribution in [0.4, 0.5) is 0 Å². The van der Waals surface area contributed by atoms with Gasteiger partial charge in [-0.1, -0.05) is 170 Å². The number of phosphoric acid groups is 1. The van der Waals surface area contributed by atoms with Gasteiger partial charge in [-0.05, 0) is 70.6 Å². The first-order valence-electron chi connectivity index (χ1n) is 22.4. The Hall–Kier alpha value is -2.32. The summed E-state index contributed by atoms with van der Waals surface area (Å²) in [6.45, 7) is 4.42. The number of rotatable bonds is 39. The predicted octanol–water partition coefficient (Wildman–Crippen LogP) is 11.9. The van der Waals surface area contributed by atoms with E-state index in [0.717, 1.165) is 89.9 Å². The Morgan fingerprint density at radius 2 is 1.07 bits per heavy atom. The van der Waals surface area contributed by atoms with E-state index in [2.05, 4.69) is 92.1 Å². The van der Waals surface area contributed by atoms with Crippen LogP contribution in [0.3, 0.4) is 0 Å². The van der Waals surface area contributed by atoms with Crippen LogP contribution in [-0.2, 0) is 18.4 Å². The van der Waals surface area contributed by atoms with Crippen LogP contribution in [0.2, 0.25) is 0 Å². The number of hydrogen-bond acceptors (Lipinski definition) is 6. The predicted molar refractivity (Wildman–Crippen MR) is 242 cm³/mol. The molecule has 57 heavy (non-hydrogen) atoms. The van der Waals surface area contributed by atoms with E-state index >= 15 is 0 Å². The van der Waals surface area contributed by atoms with Crippen molar-refractivity contribution in [1.29, 1.82) is 0 Å². The lowest BCUT2D eigenvalue weighted by molar-refractivity contribution is -0.870. The number of hydrogen-bond donors (Lipinski definition) is 2. The average Bonchev–Trinajstić information content (AvgIpc) is 3.16. The molecule has 3 unspecified atom stereocenters. The molecule has 0 fully saturated rings. The Kier molecular flexibility index (Phi) is 37.6. The molecule has 0 aliphatic rings. The Balaban J connectivity index is 4.07. The molecule has 9 heteroatoms. The fourth-order valence-corrected chi connectivity index (χ4v) is 6.52. The molecule has 8 nitrogen and oxygen atoms in total. The first kappa shape index (κ1) is 54.7. The molecule has 0 spiro atoms. The lowest BCUT2D eigenvalue weighted by Gasteiger charge is -2.29. The van der Waals surface area contributed by atoms with Crippen LogP contribution in [0.15, 0.2) is 85.1 Å². The number of likely N-dealkylation sites (N-methyl/N-ethyl adjacent to an activating group) is 1. The summed E-state index contributed by atoms with van der Waals surface area (Å²) in [7, 11) is 1.24. The van der Waals surface area contributed by atoms with Gasteiger partial charge in [0.1, 0.15) is 13.2 Å². The van der Waals surface area contributed by atoms with E-state index in [1.807, 2.05) is 27.2 Å². The monoisotopic (exact) mass is 817 g/mol. The molecular weight excluding hydrogens is 732 g/mol. The SMILES string of the molecule is CC/C=C\C/C=C\C/C=C\C/C=C\C/C=C\C/C=C\CCCCCCCCCCCCC(=O)NC(COP(=O)([O-])OCC[N+](C)(C)C)C(O)/C=C/CCCCCC. The molecule has 0 aromatic carbocycles. The molecular formula is C48H85N2O6P. The van der Waals surface area contributed by atoms with Gasteiger partial charge in [0.05, 0.1) is 39.9 Å². The van der Waals surface area contributed by atoms with Gasteiger partial charge in [-0.15, -0.1) is 0 Å². The van der Waals surface area contributed by atoms with Crippen LogP contribution < -0.4 is 10.2 Å². The van der Waals surface area contributed by atoms with E-state index in [4.69, 9.17) is 9.05 Å². The molecule has 0 radical (unpaired) electrons. The van der Waals surface area contributed by atoms with E-state index in [9.17, 15) is 19.4 Å². The summed E-state index contributed by atoms with van der Waals surface area (Å²) < 4.78 is 23.0. The molecule has 3 atom stereocenters. The number of aliphatic hydroxyl groups is 1. The summed E-state index contributed by atoms with van der Waals surface area (Å²) in [6.07, 6.45) is 53.8. The lowest BCUT2D eigenvalue weighted by Crippen LogP contribution is -2.45. The van der Waals surface area contributed by atoms with Crippen molar-refractivity contribution in [3.05, 3.63) is 85.1 Å². The fraction of sp³-hybridized carbons (Fsp3) is 0.688. The standard InChI is InChI=1S/C48H85N2O6P/c1-6-8-10-12-14-15-16-17-18-19-20-21-22-23-24-25-26-27-28-29-30-31-32-33-34-35-36-38-40-42-48(52)49-46(47(51)41-39-37-13-11-9-7-2)45-56-57(53,54)55-44-43-50(3,4)5/h8,10,14-15,17-18,20-21,23-24,26-27,39,41,46-47,51H,6-7,9,11-13,16,19,22,25,28-38,40,42-45H2,1-5H3,(H-,49,52,53,54)/b10-8-,15-14-,18-17-,21-20-,24-23-,27-26-,41-39+. The van der Waals surface area contributed by atoms with Crippen molar-refractivity contribution in [2.45, 2.75) is 174 Å². The van der Waals surface area contributed by atoms with Crippen molar-refractivity contribution >= 4 is 13.7 Å². The summed E-state index contributed by atoms with van der Waals surface area (Å²) >= 11 is 0. The third-order valence-electron chi connectivity index (χ3n) is 9.36. The third-order valence-corrected chi connectivity index (χ3v) is 10.3.